The number of nitrogens with zero attached hydrogens (tertiary/aromatic N) is 2. The zero-order valence-electron chi connectivity index (χ0n) is 16.7. The molecule has 0 aliphatic rings. The third-order valence-electron chi connectivity index (χ3n) is 4.42. The third-order valence-corrected chi connectivity index (χ3v) is 4.42. The second kappa shape index (κ2) is 9.16. The Bertz CT molecular complexity index is 999. The minimum atomic E-state index is -0.257. The molecular formula is C22H24N4O3. The molecule has 0 bridgehead atoms. The fourth-order valence-electron chi connectivity index (χ4n) is 2.90. The van der Waals surface area contributed by atoms with Crippen molar-refractivity contribution < 1.29 is 14.3 Å². The zero-order valence-corrected chi connectivity index (χ0v) is 16.7. The average Bonchev–Trinajstić information content (AvgIpc) is 3.24. The number of anilines is 1. The fourth-order valence-corrected chi connectivity index (χ4v) is 2.90. The van der Waals surface area contributed by atoms with Crippen LogP contribution < -0.4 is 10.6 Å². The number of nitrogens with one attached hydrogen (secondary N) is 2. The molecule has 0 saturated carbocycles. The Morgan fingerprint density at radius 1 is 1.10 bits per heavy atom. The summed E-state index contributed by atoms with van der Waals surface area (Å²) in [5.74, 6) is -0.474. The first kappa shape index (κ1) is 20.3. The van der Waals surface area contributed by atoms with E-state index < -0.39 is 0 Å². The van der Waals surface area contributed by atoms with E-state index in [1.165, 1.54) is 0 Å². The Kier molecular flexibility index (Phi) is 6.41. The molecule has 1 aromatic heterocycles. The number of aryl methyl sites for hydroxylation is 1. The summed E-state index contributed by atoms with van der Waals surface area (Å²) >= 11 is 0. The molecule has 1 heterocycles. The second-order valence-corrected chi connectivity index (χ2v) is 6.81. The number of amides is 2. The highest BCUT2D eigenvalue weighted by atomic mass is 16.5. The van der Waals surface area contributed by atoms with Crippen LogP contribution in [0.3, 0.4) is 0 Å². The Balaban J connectivity index is 1.77. The van der Waals surface area contributed by atoms with Crippen molar-refractivity contribution in [1.82, 2.24) is 15.1 Å². The highest BCUT2D eigenvalue weighted by Crippen LogP contribution is 2.19. The molecule has 7 nitrogen and oxygen atoms in total. The van der Waals surface area contributed by atoms with Crippen molar-refractivity contribution in [2.75, 3.05) is 19.0 Å². The van der Waals surface area contributed by atoms with Gasteiger partial charge in [-0.15, -0.1) is 0 Å². The second-order valence-electron chi connectivity index (χ2n) is 6.81. The molecule has 0 fully saturated rings. The van der Waals surface area contributed by atoms with E-state index >= 15 is 0 Å². The van der Waals surface area contributed by atoms with Gasteiger partial charge in [0.05, 0.1) is 12.3 Å². The smallest absolute Gasteiger partial charge is 0.255 e. The van der Waals surface area contributed by atoms with Gasteiger partial charge in [-0.2, -0.15) is 5.10 Å². The highest BCUT2D eigenvalue weighted by Gasteiger charge is 2.14. The Hall–Kier alpha value is -3.45. The van der Waals surface area contributed by atoms with Gasteiger partial charge in [0.1, 0.15) is 0 Å². The quantitative estimate of drug-likeness (QED) is 0.647. The Morgan fingerprint density at radius 2 is 1.90 bits per heavy atom. The molecule has 3 rings (SSSR count). The van der Waals surface area contributed by atoms with Crippen LogP contribution in [-0.4, -0.2) is 41.4 Å². The van der Waals surface area contributed by atoms with Crippen molar-refractivity contribution in [2.45, 2.75) is 19.9 Å². The van der Waals surface area contributed by atoms with Gasteiger partial charge in [0, 0.05) is 42.4 Å². The Morgan fingerprint density at radius 3 is 2.62 bits per heavy atom. The molecule has 29 heavy (non-hydrogen) atoms. The number of rotatable bonds is 7. The van der Waals surface area contributed by atoms with Crippen molar-refractivity contribution in [3.63, 3.8) is 0 Å². The first-order valence-electron chi connectivity index (χ1n) is 9.30. The summed E-state index contributed by atoms with van der Waals surface area (Å²) in [6, 6.07) is 14.1. The number of hydrogen-bond acceptors (Lipinski definition) is 4. The maximum absolute atomic E-state index is 12.8. The Labute approximate surface area is 169 Å². The molecular weight excluding hydrogens is 368 g/mol. The largest absolute Gasteiger partial charge is 0.383 e. The van der Waals surface area contributed by atoms with Gasteiger partial charge in [0.15, 0.2) is 0 Å². The first-order valence-corrected chi connectivity index (χ1v) is 9.30. The number of carbonyl (C=O) groups excluding carboxylic acids is 2. The van der Waals surface area contributed by atoms with Crippen LogP contribution in [0, 0.1) is 6.92 Å². The molecule has 2 N–H and O–H groups in total. The summed E-state index contributed by atoms with van der Waals surface area (Å²) in [6.45, 7) is 4.17. The van der Waals surface area contributed by atoms with E-state index in [0.29, 0.717) is 23.4 Å². The molecule has 0 radical (unpaired) electrons. The molecule has 1 atom stereocenters. The summed E-state index contributed by atoms with van der Waals surface area (Å²) < 4.78 is 6.73. The van der Waals surface area contributed by atoms with Crippen molar-refractivity contribution >= 4 is 17.5 Å². The number of ether oxygens (including phenoxy) is 1. The molecule has 7 heteroatoms. The van der Waals surface area contributed by atoms with E-state index in [1.54, 1.807) is 48.3 Å². The molecule has 3 aromatic rings. The average molecular weight is 392 g/mol. The van der Waals surface area contributed by atoms with Gasteiger partial charge in [-0.3, -0.25) is 9.59 Å². The van der Waals surface area contributed by atoms with Gasteiger partial charge in [0.25, 0.3) is 11.8 Å². The van der Waals surface area contributed by atoms with Crippen LogP contribution >= 0.6 is 0 Å². The normalized spacial score (nSPS) is 11.7. The first-order chi connectivity index (χ1) is 14.0. The molecule has 0 unspecified atom stereocenters. The standard InChI is InChI=1S/C22H24N4O3/c1-15-8-9-18(21(27)24-16(2)14-29-3)13-20(15)25-22(28)17-6-4-7-19(12-17)26-11-5-10-23-26/h4-13,16H,14H2,1-3H3,(H,24,27)(H,25,28)/t16-/m0/s1. The summed E-state index contributed by atoms with van der Waals surface area (Å²) in [5, 5.41) is 9.95. The molecule has 2 amide bonds. The van der Waals surface area contributed by atoms with Gasteiger partial charge in [-0.25, -0.2) is 4.68 Å². The van der Waals surface area contributed by atoms with Crippen molar-refractivity contribution in [3.05, 3.63) is 77.6 Å². The highest BCUT2D eigenvalue weighted by molar-refractivity contribution is 6.06. The van der Waals surface area contributed by atoms with Crippen LogP contribution in [0.25, 0.3) is 5.69 Å². The van der Waals surface area contributed by atoms with E-state index in [1.807, 2.05) is 38.2 Å². The predicted molar refractivity (Wildman–Crippen MR) is 112 cm³/mol. The van der Waals surface area contributed by atoms with Crippen molar-refractivity contribution in [1.29, 1.82) is 0 Å². The lowest BCUT2D eigenvalue weighted by molar-refractivity contribution is 0.0904. The summed E-state index contributed by atoms with van der Waals surface area (Å²) in [6.07, 6.45) is 3.49. The maximum Gasteiger partial charge on any atom is 0.255 e. The van der Waals surface area contributed by atoms with Gasteiger partial charge in [-0.1, -0.05) is 12.1 Å². The van der Waals surface area contributed by atoms with Crippen molar-refractivity contribution in [3.8, 4) is 5.69 Å². The van der Waals surface area contributed by atoms with E-state index in [0.717, 1.165) is 11.3 Å². The van der Waals surface area contributed by atoms with E-state index in [2.05, 4.69) is 15.7 Å². The molecule has 0 saturated heterocycles. The number of hydrogen-bond donors (Lipinski definition) is 2. The summed E-state index contributed by atoms with van der Waals surface area (Å²) in [4.78, 5) is 25.2. The fraction of sp³-hybridized carbons (Fsp3) is 0.227. The number of benzene rings is 2. The number of carbonyl (C=O) groups is 2. The van der Waals surface area contributed by atoms with Gasteiger partial charge in [0.2, 0.25) is 0 Å². The molecule has 0 aliphatic heterocycles. The molecule has 0 aliphatic carbocycles. The van der Waals surface area contributed by atoms with Crippen molar-refractivity contribution in [2.24, 2.45) is 0 Å². The van der Waals surface area contributed by atoms with Crippen LogP contribution in [0.2, 0.25) is 0 Å². The molecule has 150 valence electrons. The lowest BCUT2D eigenvalue weighted by Crippen LogP contribution is -2.35. The SMILES string of the molecule is COC[C@H](C)NC(=O)c1ccc(C)c(NC(=O)c2cccc(-n3cccn3)c2)c1. The minimum Gasteiger partial charge on any atom is -0.383 e. The van der Waals surface area contributed by atoms with E-state index in [4.69, 9.17) is 4.74 Å². The van der Waals surface area contributed by atoms with Crippen LogP contribution in [0.5, 0.6) is 0 Å². The van der Waals surface area contributed by atoms with Crippen LogP contribution in [0.4, 0.5) is 5.69 Å². The molecule has 0 spiro atoms. The van der Waals surface area contributed by atoms with E-state index in [9.17, 15) is 9.59 Å². The zero-order chi connectivity index (χ0) is 20.8. The summed E-state index contributed by atoms with van der Waals surface area (Å²) in [5.41, 5.74) is 3.22. The van der Waals surface area contributed by atoms with Gasteiger partial charge >= 0.3 is 0 Å². The predicted octanol–water partition coefficient (Wildman–Crippen LogP) is 3.20. The summed E-state index contributed by atoms with van der Waals surface area (Å²) in [7, 11) is 1.59. The van der Waals surface area contributed by atoms with Crippen LogP contribution in [0.15, 0.2) is 60.9 Å². The lowest BCUT2D eigenvalue weighted by atomic mass is 10.1. The van der Waals surface area contributed by atoms with Gasteiger partial charge < -0.3 is 15.4 Å². The number of aromatic nitrogens is 2. The molecule has 2 aromatic carbocycles. The van der Waals surface area contributed by atoms with Gasteiger partial charge in [-0.05, 0) is 55.8 Å². The lowest BCUT2D eigenvalue weighted by Gasteiger charge is -2.14. The third kappa shape index (κ3) is 5.08. The monoisotopic (exact) mass is 392 g/mol. The topological polar surface area (TPSA) is 85.3 Å². The maximum atomic E-state index is 12.8. The van der Waals surface area contributed by atoms with Crippen LogP contribution in [-0.2, 0) is 4.74 Å². The minimum absolute atomic E-state index is 0.114. The number of methoxy groups -OCH3 is 1. The van der Waals surface area contributed by atoms with E-state index in [-0.39, 0.29) is 17.9 Å². The van der Waals surface area contributed by atoms with Crippen LogP contribution in [0.1, 0.15) is 33.2 Å².